The molecule has 0 saturated carbocycles. The maximum atomic E-state index is 4.49. The van der Waals surface area contributed by atoms with Crippen LogP contribution in [0.25, 0.3) is 0 Å². The smallest absolute Gasteiger partial charge is 0.132 e. The summed E-state index contributed by atoms with van der Waals surface area (Å²) in [5.74, 6) is 0.916. The molecular weight excluding hydrogens is 284 g/mol. The Kier molecular flexibility index (Phi) is 4.10. The minimum atomic E-state index is 0.557. The zero-order chi connectivity index (χ0) is 15.6. The van der Waals surface area contributed by atoms with E-state index < -0.39 is 0 Å². The number of nitrogens with zero attached hydrogens (tertiary/aromatic N) is 3. The van der Waals surface area contributed by atoms with Crippen molar-refractivity contribution in [3.63, 3.8) is 0 Å². The molecule has 0 spiro atoms. The van der Waals surface area contributed by atoms with Gasteiger partial charge in [-0.1, -0.05) is 25.1 Å². The first kappa shape index (κ1) is 14.8. The number of rotatable bonds is 3. The molecule has 2 aromatic rings. The van der Waals surface area contributed by atoms with Crippen LogP contribution < -0.4 is 5.32 Å². The first-order valence-corrected chi connectivity index (χ1v) is 8.70. The zero-order valence-electron chi connectivity index (χ0n) is 13.8. The molecule has 4 heteroatoms. The Bertz CT molecular complexity index is 680. The fourth-order valence-electron chi connectivity index (χ4n) is 3.73. The predicted octanol–water partition coefficient (Wildman–Crippen LogP) is 2.13. The monoisotopic (exact) mass is 308 g/mol. The lowest BCUT2D eigenvalue weighted by atomic mass is 9.89. The number of nitrogens with one attached hydrogen (secondary N) is 1. The summed E-state index contributed by atoms with van der Waals surface area (Å²) in [4.78, 5) is 11.6. The van der Waals surface area contributed by atoms with Gasteiger partial charge >= 0.3 is 0 Å². The maximum absolute atomic E-state index is 4.49. The summed E-state index contributed by atoms with van der Waals surface area (Å²) < 4.78 is 0. The molecule has 0 aliphatic carbocycles. The highest BCUT2D eigenvalue weighted by Crippen LogP contribution is 2.31. The van der Waals surface area contributed by atoms with E-state index in [2.05, 4.69) is 45.3 Å². The molecule has 1 aromatic carbocycles. The van der Waals surface area contributed by atoms with E-state index in [1.165, 1.54) is 35.3 Å². The van der Waals surface area contributed by atoms with Gasteiger partial charge in [0.1, 0.15) is 5.82 Å². The molecule has 120 valence electrons. The molecule has 2 aliphatic rings. The lowest BCUT2D eigenvalue weighted by Gasteiger charge is -2.41. The van der Waals surface area contributed by atoms with Gasteiger partial charge in [0.2, 0.25) is 0 Å². The molecule has 1 atom stereocenters. The summed E-state index contributed by atoms with van der Waals surface area (Å²) in [5, 5.41) is 3.53. The number of fused-ring (bicyclic) bond motifs is 3. The van der Waals surface area contributed by atoms with E-state index in [9.17, 15) is 0 Å². The molecule has 0 unspecified atom stereocenters. The number of hydrogen-bond donors (Lipinski definition) is 1. The summed E-state index contributed by atoms with van der Waals surface area (Å²) >= 11 is 0. The molecule has 0 bridgehead atoms. The van der Waals surface area contributed by atoms with Gasteiger partial charge in [0.15, 0.2) is 0 Å². The van der Waals surface area contributed by atoms with E-state index in [0.29, 0.717) is 6.04 Å². The normalized spacial score (nSPS) is 20.8. The SMILES string of the molecule is CCc1cnc(Cc2ccc3c(c2)CCN2CCNC[C@@H]32)nc1. The fourth-order valence-corrected chi connectivity index (χ4v) is 3.73. The quantitative estimate of drug-likeness (QED) is 0.943. The van der Waals surface area contributed by atoms with Gasteiger partial charge in [-0.25, -0.2) is 9.97 Å². The van der Waals surface area contributed by atoms with Crippen LogP contribution in [0.3, 0.4) is 0 Å². The molecule has 0 amide bonds. The van der Waals surface area contributed by atoms with Crippen LogP contribution in [0.1, 0.15) is 41.0 Å². The van der Waals surface area contributed by atoms with Crippen LogP contribution in [-0.2, 0) is 19.3 Å². The lowest BCUT2D eigenvalue weighted by Crippen LogP contribution is -2.48. The predicted molar refractivity (Wildman–Crippen MR) is 91.5 cm³/mol. The number of hydrogen-bond acceptors (Lipinski definition) is 4. The second kappa shape index (κ2) is 6.38. The molecule has 23 heavy (non-hydrogen) atoms. The molecule has 0 radical (unpaired) electrons. The van der Waals surface area contributed by atoms with Crippen molar-refractivity contribution >= 4 is 0 Å². The van der Waals surface area contributed by atoms with Crippen LogP contribution in [-0.4, -0.2) is 41.0 Å². The summed E-state index contributed by atoms with van der Waals surface area (Å²) in [6.07, 6.45) is 6.88. The number of piperazine rings is 1. The Labute approximate surface area is 138 Å². The topological polar surface area (TPSA) is 41.1 Å². The van der Waals surface area contributed by atoms with Gasteiger partial charge in [0, 0.05) is 51.0 Å². The summed E-state index contributed by atoms with van der Waals surface area (Å²) in [6.45, 7) is 6.68. The second-order valence-corrected chi connectivity index (χ2v) is 6.58. The first-order valence-electron chi connectivity index (χ1n) is 8.70. The van der Waals surface area contributed by atoms with Crippen molar-refractivity contribution in [2.45, 2.75) is 32.2 Å². The number of aryl methyl sites for hydroxylation is 1. The first-order chi connectivity index (χ1) is 11.3. The number of aromatic nitrogens is 2. The van der Waals surface area contributed by atoms with Gasteiger partial charge in [-0.15, -0.1) is 0 Å². The van der Waals surface area contributed by atoms with Gasteiger partial charge < -0.3 is 5.32 Å². The summed E-state index contributed by atoms with van der Waals surface area (Å²) in [5.41, 5.74) is 5.54. The Morgan fingerprint density at radius 3 is 2.87 bits per heavy atom. The van der Waals surface area contributed by atoms with E-state index >= 15 is 0 Å². The van der Waals surface area contributed by atoms with Crippen LogP contribution in [0.4, 0.5) is 0 Å². The highest BCUT2D eigenvalue weighted by atomic mass is 15.2. The van der Waals surface area contributed by atoms with E-state index in [1.807, 2.05) is 12.4 Å². The van der Waals surface area contributed by atoms with Crippen LogP contribution in [0.2, 0.25) is 0 Å². The minimum absolute atomic E-state index is 0.557. The van der Waals surface area contributed by atoms with Crippen molar-refractivity contribution in [1.29, 1.82) is 0 Å². The fraction of sp³-hybridized carbons (Fsp3) is 0.474. The molecule has 4 rings (SSSR count). The van der Waals surface area contributed by atoms with Gasteiger partial charge in [-0.2, -0.15) is 0 Å². The van der Waals surface area contributed by atoms with Crippen molar-refractivity contribution in [2.75, 3.05) is 26.2 Å². The highest BCUT2D eigenvalue weighted by Gasteiger charge is 2.29. The third kappa shape index (κ3) is 3.01. The molecule has 4 nitrogen and oxygen atoms in total. The van der Waals surface area contributed by atoms with E-state index in [-0.39, 0.29) is 0 Å². The highest BCUT2D eigenvalue weighted by molar-refractivity contribution is 5.38. The molecule has 3 heterocycles. The lowest BCUT2D eigenvalue weighted by molar-refractivity contribution is 0.152. The van der Waals surface area contributed by atoms with Gasteiger partial charge in [-0.05, 0) is 35.1 Å². The van der Waals surface area contributed by atoms with Gasteiger partial charge in [0.25, 0.3) is 0 Å². The summed E-state index contributed by atoms with van der Waals surface area (Å²) in [7, 11) is 0. The second-order valence-electron chi connectivity index (χ2n) is 6.58. The number of benzene rings is 1. The summed E-state index contributed by atoms with van der Waals surface area (Å²) in [6, 6.07) is 7.52. The molecule has 1 N–H and O–H groups in total. The van der Waals surface area contributed by atoms with E-state index in [4.69, 9.17) is 0 Å². The molecule has 2 aliphatic heterocycles. The average molecular weight is 308 g/mol. The largest absolute Gasteiger partial charge is 0.314 e. The molecule has 1 fully saturated rings. The van der Waals surface area contributed by atoms with Crippen molar-refractivity contribution in [2.24, 2.45) is 0 Å². The Balaban J connectivity index is 1.55. The Morgan fingerprint density at radius 2 is 2.04 bits per heavy atom. The molecule has 1 saturated heterocycles. The van der Waals surface area contributed by atoms with Crippen molar-refractivity contribution in [3.8, 4) is 0 Å². The third-order valence-electron chi connectivity index (χ3n) is 5.12. The molecular formula is C19H24N4. The minimum Gasteiger partial charge on any atom is -0.314 e. The van der Waals surface area contributed by atoms with Crippen LogP contribution in [0.5, 0.6) is 0 Å². The van der Waals surface area contributed by atoms with Crippen molar-refractivity contribution in [3.05, 3.63) is 58.7 Å². The molecule has 1 aromatic heterocycles. The zero-order valence-corrected chi connectivity index (χ0v) is 13.8. The van der Waals surface area contributed by atoms with Gasteiger partial charge in [0.05, 0.1) is 0 Å². The third-order valence-corrected chi connectivity index (χ3v) is 5.12. The Morgan fingerprint density at radius 1 is 1.17 bits per heavy atom. The van der Waals surface area contributed by atoms with Gasteiger partial charge in [-0.3, -0.25) is 4.90 Å². The van der Waals surface area contributed by atoms with Crippen molar-refractivity contribution < 1.29 is 0 Å². The van der Waals surface area contributed by atoms with E-state index in [1.54, 1.807) is 0 Å². The average Bonchev–Trinajstić information content (AvgIpc) is 2.62. The van der Waals surface area contributed by atoms with E-state index in [0.717, 1.165) is 38.2 Å². The van der Waals surface area contributed by atoms with Crippen molar-refractivity contribution in [1.82, 2.24) is 20.2 Å². The Hall–Kier alpha value is -1.78. The maximum Gasteiger partial charge on any atom is 0.132 e. The van der Waals surface area contributed by atoms with Crippen LogP contribution >= 0.6 is 0 Å². The van der Waals surface area contributed by atoms with Crippen LogP contribution in [0, 0.1) is 0 Å². The standard InChI is InChI=1S/C19H24N4/c1-2-14-11-21-19(22-12-14)10-15-3-4-17-16(9-15)5-7-23-8-6-20-13-18(17)23/h3-4,9,11-12,18,20H,2,5-8,10,13H2,1H3/t18-/m0/s1. The van der Waals surface area contributed by atoms with Crippen LogP contribution in [0.15, 0.2) is 30.6 Å².